The fraction of sp³-hybridized carbons (Fsp3) is 0. The summed E-state index contributed by atoms with van der Waals surface area (Å²) < 4.78 is 15.5. The third-order valence-electron chi connectivity index (χ3n) is 2.60. The molecule has 0 fully saturated rings. The van der Waals surface area contributed by atoms with Crippen LogP contribution in [-0.4, -0.2) is 9.91 Å². The number of rotatable bonds is 3. The Morgan fingerprint density at radius 2 is 2.05 bits per heavy atom. The maximum Gasteiger partial charge on any atom is 0.272 e. The summed E-state index contributed by atoms with van der Waals surface area (Å²) in [5.41, 5.74) is 0.610. The maximum atomic E-state index is 13.8. The highest BCUT2D eigenvalue weighted by atomic mass is 32.2. The van der Waals surface area contributed by atoms with Crippen molar-refractivity contribution in [2.75, 3.05) is 0 Å². The smallest absolute Gasteiger partial charge is 0.258 e. The molecule has 0 atom stereocenters. The minimum Gasteiger partial charge on any atom is -0.258 e. The number of hydrogen-bond acceptors (Lipinski definition) is 5. The summed E-state index contributed by atoms with van der Waals surface area (Å²) >= 11 is 2.63. The van der Waals surface area contributed by atoms with Crippen molar-refractivity contribution in [2.24, 2.45) is 0 Å². The molecule has 0 radical (unpaired) electrons. The summed E-state index contributed by atoms with van der Waals surface area (Å²) in [6, 6.07) is 11.3. The number of halogens is 1. The van der Waals surface area contributed by atoms with Gasteiger partial charge in [-0.1, -0.05) is 23.9 Å². The summed E-state index contributed by atoms with van der Waals surface area (Å²) in [6.45, 7) is 0. The third kappa shape index (κ3) is 2.50. The first-order valence-corrected chi connectivity index (χ1v) is 7.24. The van der Waals surface area contributed by atoms with E-state index in [1.54, 1.807) is 0 Å². The van der Waals surface area contributed by atoms with Crippen LogP contribution >= 0.6 is 23.1 Å². The molecule has 0 spiro atoms. The van der Waals surface area contributed by atoms with Gasteiger partial charge in [0.15, 0.2) is 4.34 Å². The Labute approximate surface area is 121 Å². The van der Waals surface area contributed by atoms with E-state index in [4.69, 9.17) is 0 Å². The van der Waals surface area contributed by atoms with E-state index < -0.39 is 10.7 Å². The second kappa shape index (κ2) is 5.18. The molecule has 0 aliphatic heterocycles. The van der Waals surface area contributed by atoms with Crippen molar-refractivity contribution in [3.63, 3.8) is 0 Å². The molecular weight excluding hydrogens is 299 g/mol. The summed E-state index contributed by atoms with van der Waals surface area (Å²) in [4.78, 5) is 14.7. The zero-order valence-corrected chi connectivity index (χ0v) is 11.6. The molecule has 3 aromatic rings. The fourth-order valence-electron chi connectivity index (χ4n) is 1.67. The Morgan fingerprint density at radius 1 is 1.25 bits per heavy atom. The number of non-ortho nitro benzene ring substituents is 1. The van der Waals surface area contributed by atoms with E-state index in [1.165, 1.54) is 35.2 Å². The van der Waals surface area contributed by atoms with Crippen molar-refractivity contribution in [3.05, 3.63) is 58.4 Å². The highest BCUT2D eigenvalue weighted by molar-refractivity contribution is 8.01. The zero-order chi connectivity index (χ0) is 14.1. The monoisotopic (exact) mass is 306 g/mol. The predicted molar refractivity (Wildman–Crippen MR) is 76.8 cm³/mol. The second-order valence-corrected chi connectivity index (χ2v) is 6.24. The Kier molecular flexibility index (Phi) is 3.37. The predicted octanol–water partition coefficient (Wildman–Crippen LogP) is 4.49. The van der Waals surface area contributed by atoms with E-state index in [0.717, 1.165) is 16.3 Å². The maximum absolute atomic E-state index is 13.8. The van der Waals surface area contributed by atoms with Gasteiger partial charge in [-0.3, -0.25) is 10.1 Å². The molecular formula is C13H7FN2O2S2. The molecule has 1 aromatic heterocycles. The Balaban J connectivity index is 1.92. The van der Waals surface area contributed by atoms with Gasteiger partial charge in [-0.15, -0.1) is 11.3 Å². The lowest BCUT2D eigenvalue weighted by Gasteiger charge is -1.99. The minimum absolute atomic E-state index is 0.254. The Morgan fingerprint density at radius 3 is 2.75 bits per heavy atom. The number of thiazole rings is 1. The van der Waals surface area contributed by atoms with Gasteiger partial charge in [-0.2, -0.15) is 0 Å². The van der Waals surface area contributed by atoms with Crippen molar-refractivity contribution in [1.29, 1.82) is 0 Å². The molecule has 0 bridgehead atoms. The summed E-state index contributed by atoms with van der Waals surface area (Å²) in [6.07, 6.45) is 0. The first-order chi connectivity index (χ1) is 9.63. The molecule has 0 unspecified atom stereocenters. The van der Waals surface area contributed by atoms with Crippen LogP contribution in [0.15, 0.2) is 51.7 Å². The van der Waals surface area contributed by atoms with Gasteiger partial charge in [0.05, 0.1) is 26.1 Å². The lowest BCUT2D eigenvalue weighted by atomic mass is 10.3. The Hall–Kier alpha value is -1.99. The SMILES string of the molecule is O=[N+]([O-])c1ccc(Sc2nc3ccccc3s2)c(F)c1. The molecule has 0 saturated carbocycles. The highest BCUT2D eigenvalue weighted by Crippen LogP contribution is 2.36. The van der Waals surface area contributed by atoms with Crippen LogP contribution in [0.5, 0.6) is 0 Å². The molecule has 4 nitrogen and oxygen atoms in total. The van der Waals surface area contributed by atoms with Crippen molar-refractivity contribution in [2.45, 2.75) is 9.24 Å². The van der Waals surface area contributed by atoms with Crippen molar-refractivity contribution < 1.29 is 9.31 Å². The van der Waals surface area contributed by atoms with E-state index in [1.807, 2.05) is 24.3 Å². The molecule has 0 amide bonds. The molecule has 7 heteroatoms. The van der Waals surface area contributed by atoms with Crippen molar-refractivity contribution in [3.8, 4) is 0 Å². The topological polar surface area (TPSA) is 56.0 Å². The molecule has 0 aliphatic rings. The standard InChI is InChI=1S/C13H7FN2O2S2/c14-9-7-8(16(17)18)5-6-11(9)19-13-15-10-3-1-2-4-12(10)20-13/h1-7H. The van der Waals surface area contributed by atoms with Gasteiger partial charge in [0.1, 0.15) is 5.82 Å². The second-order valence-electron chi connectivity index (χ2n) is 3.92. The zero-order valence-electron chi connectivity index (χ0n) is 9.95. The lowest BCUT2D eigenvalue weighted by molar-refractivity contribution is -0.385. The van der Waals surface area contributed by atoms with Gasteiger partial charge < -0.3 is 0 Å². The molecule has 2 aromatic carbocycles. The largest absolute Gasteiger partial charge is 0.272 e. The minimum atomic E-state index is -0.616. The van der Waals surface area contributed by atoms with Crippen LogP contribution in [-0.2, 0) is 0 Å². The average Bonchev–Trinajstić information content (AvgIpc) is 2.83. The molecule has 20 heavy (non-hydrogen) atoms. The van der Waals surface area contributed by atoms with E-state index in [0.29, 0.717) is 9.24 Å². The molecule has 0 saturated heterocycles. The number of hydrogen-bond donors (Lipinski definition) is 0. The first-order valence-electron chi connectivity index (χ1n) is 5.61. The van der Waals surface area contributed by atoms with Crippen LogP contribution in [0.2, 0.25) is 0 Å². The van der Waals surface area contributed by atoms with Gasteiger partial charge in [-0.25, -0.2) is 9.37 Å². The van der Waals surface area contributed by atoms with E-state index >= 15 is 0 Å². The lowest BCUT2D eigenvalue weighted by Crippen LogP contribution is -1.90. The number of nitro groups is 1. The summed E-state index contributed by atoms with van der Waals surface area (Å²) in [5.74, 6) is -0.608. The molecule has 0 aliphatic carbocycles. The van der Waals surface area contributed by atoms with Crippen LogP contribution in [0, 0.1) is 15.9 Å². The van der Waals surface area contributed by atoms with Gasteiger partial charge in [0, 0.05) is 6.07 Å². The van der Waals surface area contributed by atoms with Gasteiger partial charge in [0.25, 0.3) is 5.69 Å². The number of fused-ring (bicyclic) bond motifs is 1. The fourth-order valence-corrected chi connectivity index (χ4v) is 3.70. The van der Waals surface area contributed by atoms with Crippen LogP contribution in [0.3, 0.4) is 0 Å². The van der Waals surface area contributed by atoms with Gasteiger partial charge in [-0.05, 0) is 18.2 Å². The molecule has 100 valence electrons. The normalized spacial score (nSPS) is 10.8. The van der Waals surface area contributed by atoms with Gasteiger partial charge in [0.2, 0.25) is 0 Å². The number of aromatic nitrogens is 1. The van der Waals surface area contributed by atoms with E-state index in [2.05, 4.69) is 4.98 Å². The highest BCUT2D eigenvalue weighted by Gasteiger charge is 2.13. The summed E-state index contributed by atoms with van der Waals surface area (Å²) in [5, 5.41) is 10.6. The van der Waals surface area contributed by atoms with Crippen LogP contribution in [0.4, 0.5) is 10.1 Å². The third-order valence-corrected chi connectivity index (χ3v) is 4.75. The molecule has 0 N–H and O–H groups in total. The van der Waals surface area contributed by atoms with E-state index in [-0.39, 0.29) is 5.69 Å². The van der Waals surface area contributed by atoms with Crippen LogP contribution < -0.4 is 0 Å². The molecule has 3 rings (SSSR count). The quantitative estimate of drug-likeness (QED) is 0.528. The number of para-hydroxylation sites is 1. The van der Waals surface area contributed by atoms with Gasteiger partial charge >= 0.3 is 0 Å². The number of benzene rings is 2. The summed E-state index contributed by atoms with van der Waals surface area (Å²) in [7, 11) is 0. The van der Waals surface area contributed by atoms with E-state index in [9.17, 15) is 14.5 Å². The number of nitro benzene ring substituents is 1. The van der Waals surface area contributed by atoms with Crippen molar-refractivity contribution >= 4 is 39.0 Å². The number of nitrogens with zero attached hydrogens (tertiary/aromatic N) is 2. The van der Waals surface area contributed by atoms with Crippen LogP contribution in [0.1, 0.15) is 0 Å². The van der Waals surface area contributed by atoms with Crippen molar-refractivity contribution in [1.82, 2.24) is 4.98 Å². The molecule has 1 heterocycles. The first kappa shape index (κ1) is 13.0. The van der Waals surface area contributed by atoms with Crippen LogP contribution in [0.25, 0.3) is 10.2 Å². The average molecular weight is 306 g/mol. The Bertz CT molecular complexity index is 771.